The second-order valence-corrected chi connectivity index (χ2v) is 7.31. The molecule has 0 radical (unpaired) electrons. The molecule has 0 amide bonds. The summed E-state index contributed by atoms with van der Waals surface area (Å²) in [5.74, 6) is 0.837. The van der Waals surface area contributed by atoms with Crippen LogP contribution in [0.5, 0.6) is 0 Å². The van der Waals surface area contributed by atoms with Gasteiger partial charge in [-0.3, -0.25) is 14.6 Å². The van der Waals surface area contributed by atoms with Gasteiger partial charge in [0.1, 0.15) is 0 Å². The minimum Gasteiger partial charge on any atom is -0.379 e. The van der Waals surface area contributed by atoms with Crippen LogP contribution in [0.4, 0.5) is 0 Å². The smallest absolute Gasteiger partial charge is 0.191 e. The van der Waals surface area contributed by atoms with Crippen LogP contribution >= 0.6 is 35.3 Å². The Kier molecular flexibility index (Phi) is 9.52. The number of guanidine groups is 1. The summed E-state index contributed by atoms with van der Waals surface area (Å²) in [5, 5.41) is 13.2. The Morgan fingerprint density at radius 3 is 2.81 bits per heavy atom. The molecule has 0 saturated carbocycles. The minimum absolute atomic E-state index is 0. The number of aryl methyl sites for hydroxylation is 1. The van der Waals surface area contributed by atoms with E-state index >= 15 is 0 Å². The monoisotopic (exact) mass is 504 g/mol. The molecule has 1 saturated heterocycles. The van der Waals surface area contributed by atoms with Gasteiger partial charge in [0.15, 0.2) is 5.96 Å². The molecule has 1 atom stereocenters. The maximum Gasteiger partial charge on any atom is 0.191 e. The molecule has 0 aliphatic carbocycles. The standard InChI is InChI=1S/C18H28N6OS.HI/c1-19-18(20-6-5-15-12-22-23(2)14-15)21-13-16(17-4-3-11-26-17)24-7-9-25-10-8-24;/h3-4,11-12,14,16H,5-10,13H2,1-2H3,(H2,19,20,21);1H. The Hall–Kier alpha value is -1.17. The first kappa shape index (κ1) is 22.1. The summed E-state index contributed by atoms with van der Waals surface area (Å²) in [6, 6.07) is 4.68. The van der Waals surface area contributed by atoms with Gasteiger partial charge >= 0.3 is 0 Å². The Morgan fingerprint density at radius 1 is 1.37 bits per heavy atom. The molecule has 3 heterocycles. The predicted octanol–water partition coefficient (Wildman–Crippen LogP) is 1.88. The van der Waals surface area contributed by atoms with Gasteiger partial charge in [0.05, 0.1) is 25.5 Å². The van der Waals surface area contributed by atoms with E-state index < -0.39 is 0 Å². The van der Waals surface area contributed by atoms with Crippen molar-refractivity contribution in [2.45, 2.75) is 12.5 Å². The van der Waals surface area contributed by atoms with Crippen molar-refractivity contribution in [3.63, 3.8) is 0 Å². The van der Waals surface area contributed by atoms with Gasteiger partial charge in [-0.15, -0.1) is 35.3 Å². The number of nitrogens with zero attached hydrogens (tertiary/aromatic N) is 4. The maximum atomic E-state index is 5.51. The summed E-state index contributed by atoms with van der Waals surface area (Å²) in [7, 11) is 3.75. The highest BCUT2D eigenvalue weighted by molar-refractivity contribution is 14.0. The topological polar surface area (TPSA) is 66.7 Å². The van der Waals surface area contributed by atoms with Crippen LogP contribution < -0.4 is 10.6 Å². The molecule has 1 aliphatic heterocycles. The van der Waals surface area contributed by atoms with Gasteiger partial charge in [-0.05, 0) is 23.4 Å². The van der Waals surface area contributed by atoms with Crippen molar-refractivity contribution in [1.82, 2.24) is 25.3 Å². The van der Waals surface area contributed by atoms with Gasteiger partial charge in [-0.1, -0.05) is 6.07 Å². The number of thiophene rings is 1. The number of ether oxygens (including phenoxy) is 1. The van der Waals surface area contributed by atoms with Crippen molar-refractivity contribution in [3.05, 3.63) is 40.3 Å². The number of rotatable bonds is 7. The van der Waals surface area contributed by atoms with E-state index in [2.05, 4.69) is 43.1 Å². The lowest BCUT2D eigenvalue weighted by atomic mass is 10.2. The van der Waals surface area contributed by atoms with E-state index in [0.717, 1.165) is 51.8 Å². The third kappa shape index (κ3) is 6.74. The van der Waals surface area contributed by atoms with Crippen molar-refractivity contribution in [3.8, 4) is 0 Å². The van der Waals surface area contributed by atoms with Crippen molar-refractivity contribution in [1.29, 1.82) is 0 Å². The lowest BCUT2D eigenvalue weighted by Crippen LogP contribution is -2.46. The van der Waals surface area contributed by atoms with Crippen LogP contribution in [0, 0.1) is 0 Å². The van der Waals surface area contributed by atoms with Gasteiger partial charge in [0.25, 0.3) is 0 Å². The molecule has 2 aromatic rings. The lowest BCUT2D eigenvalue weighted by Gasteiger charge is -2.34. The number of hydrogen-bond acceptors (Lipinski definition) is 5. The van der Waals surface area contributed by atoms with Crippen LogP contribution in [0.2, 0.25) is 0 Å². The van der Waals surface area contributed by atoms with E-state index in [4.69, 9.17) is 4.74 Å². The van der Waals surface area contributed by atoms with Gasteiger partial charge in [-0.2, -0.15) is 5.10 Å². The van der Waals surface area contributed by atoms with E-state index in [9.17, 15) is 0 Å². The first-order valence-corrected chi connectivity index (χ1v) is 9.91. The van der Waals surface area contributed by atoms with Crippen LogP contribution in [0.25, 0.3) is 0 Å². The van der Waals surface area contributed by atoms with E-state index in [1.807, 2.05) is 42.5 Å². The summed E-state index contributed by atoms with van der Waals surface area (Å²) in [4.78, 5) is 8.23. The summed E-state index contributed by atoms with van der Waals surface area (Å²) in [5.41, 5.74) is 1.22. The van der Waals surface area contributed by atoms with Crippen LogP contribution in [0.15, 0.2) is 34.9 Å². The number of aromatic nitrogens is 2. The van der Waals surface area contributed by atoms with Crippen molar-refractivity contribution >= 4 is 41.3 Å². The van der Waals surface area contributed by atoms with Gasteiger partial charge < -0.3 is 15.4 Å². The van der Waals surface area contributed by atoms with Crippen molar-refractivity contribution in [2.24, 2.45) is 12.0 Å². The maximum absolute atomic E-state index is 5.51. The van der Waals surface area contributed by atoms with Crippen molar-refractivity contribution in [2.75, 3.05) is 46.4 Å². The Morgan fingerprint density at radius 2 is 2.19 bits per heavy atom. The first-order valence-electron chi connectivity index (χ1n) is 9.03. The molecule has 1 unspecified atom stereocenters. The van der Waals surface area contributed by atoms with Gasteiger partial charge in [0, 0.05) is 51.3 Å². The molecular weight excluding hydrogens is 475 g/mol. The normalized spacial score (nSPS) is 16.6. The molecule has 1 fully saturated rings. The zero-order valence-electron chi connectivity index (χ0n) is 15.9. The van der Waals surface area contributed by atoms with Crippen LogP contribution in [0.1, 0.15) is 16.5 Å². The molecule has 7 nitrogen and oxygen atoms in total. The fraction of sp³-hybridized carbons (Fsp3) is 0.556. The third-order valence-corrected chi connectivity index (χ3v) is 5.48. The zero-order chi connectivity index (χ0) is 18.2. The summed E-state index contributed by atoms with van der Waals surface area (Å²) < 4.78 is 7.34. The first-order chi connectivity index (χ1) is 12.8. The average molecular weight is 504 g/mol. The average Bonchev–Trinajstić information content (AvgIpc) is 3.33. The van der Waals surface area contributed by atoms with E-state index in [1.54, 1.807) is 0 Å². The largest absolute Gasteiger partial charge is 0.379 e. The Balaban J connectivity index is 0.00000261. The molecule has 3 rings (SSSR count). The van der Waals surface area contributed by atoms with Gasteiger partial charge in [-0.25, -0.2) is 0 Å². The number of hydrogen-bond donors (Lipinski definition) is 2. The number of aliphatic imine (C=N–C) groups is 1. The summed E-state index contributed by atoms with van der Waals surface area (Å²) in [6.07, 6.45) is 4.87. The van der Waals surface area contributed by atoms with E-state index in [0.29, 0.717) is 6.04 Å². The molecule has 27 heavy (non-hydrogen) atoms. The zero-order valence-corrected chi connectivity index (χ0v) is 19.1. The van der Waals surface area contributed by atoms with Crippen LogP contribution in [-0.4, -0.2) is 67.1 Å². The summed E-state index contributed by atoms with van der Waals surface area (Å²) in [6.45, 7) is 5.20. The number of morpholine rings is 1. The predicted molar refractivity (Wildman–Crippen MR) is 121 cm³/mol. The Bertz CT molecular complexity index is 684. The fourth-order valence-electron chi connectivity index (χ4n) is 3.12. The molecule has 0 aromatic carbocycles. The minimum atomic E-state index is 0. The molecule has 9 heteroatoms. The highest BCUT2D eigenvalue weighted by atomic mass is 127. The molecule has 0 bridgehead atoms. The van der Waals surface area contributed by atoms with E-state index in [-0.39, 0.29) is 24.0 Å². The highest BCUT2D eigenvalue weighted by Crippen LogP contribution is 2.25. The number of nitrogens with one attached hydrogen (secondary N) is 2. The van der Waals surface area contributed by atoms with Crippen molar-refractivity contribution < 1.29 is 4.74 Å². The second kappa shape index (κ2) is 11.6. The van der Waals surface area contributed by atoms with Crippen LogP contribution in [0.3, 0.4) is 0 Å². The molecule has 1 aliphatic rings. The molecular formula is C18H29IN6OS. The SMILES string of the molecule is CN=C(NCCc1cnn(C)c1)NCC(c1cccs1)N1CCOCC1.I. The quantitative estimate of drug-likeness (QED) is 0.343. The highest BCUT2D eigenvalue weighted by Gasteiger charge is 2.23. The Labute approximate surface area is 182 Å². The molecule has 2 N–H and O–H groups in total. The van der Waals surface area contributed by atoms with E-state index in [1.165, 1.54) is 10.4 Å². The third-order valence-electron chi connectivity index (χ3n) is 4.51. The van der Waals surface area contributed by atoms with Gasteiger partial charge in [0.2, 0.25) is 0 Å². The van der Waals surface area contributed by atoms with Crippen LogP contribution in [-0.2, 0) is 18.2 Å². The fourth-order valence-corrected chi connectivity index (χ4v) is 3.98. The second-order valence-electron chi connectivity index (χ2n) is 6.33. The lowest BCUT2D eigenvalue weighted by molar-refractivity contribution is 0.0177. The summed E-state index contributed by atoms with van der Waals surface area (Å²) >= 11 is 1.81. The molecule has 2 aromatic heterocycles. The number of halogens is 1. The molecule has 0 spiro atoms. The molecule has 150 valence electrons.